The van der Waals surface area contributed by atoms with Gasteiger partial charge in [0, 0.05) is 48.6 Å². The topological polar surface area (TPSA) is 200 Å². The number of aliphatic hydroxyl groups excluding tert-OH is 1. The molecule has 12 atom stereocenters. The third-order valence-electron chi connectivity index (χ3n) is 11.4. The van der Waals surface area contributed by atoms with Gasteiger partial charge in [-0.1, -0.05) is 25.5 Å². The van der Waals surface area contributed by atoms with Crippen molar-refractivity contribution in [1.29, 1.82) is 0 Å². The lowest BCUT2D eigenvalue weighted by Gasteiger charge is -2.47. The van der Waals surface area contributed by atoms with Crippen LogP contribution in [0.15, 0.2) is 24.3 Å². The van der Waals surface area contributed by atoms with Crippen LogP contribution in [0.5, 0.6) is 11.5 Å². The Morgan fingerprint density at radius 3 is 2.29 bits per heavy atom. The molecule has 2 heterocycles. The summed E-state index contributed by atoms with van der Waals surface area (Å²) < 4.78 is 42.6. The van der Waals surface area contributed by atoms with Gasteiger partial charge in [0.2, 0.25) is 5.78 Å². The molecule has 4 N–H and O–H groups in total. The molecule has 2 aliphatic carbocycles. The van der Waals surface area contributed by atoms with E-state index in [4.69, 9.17) is 33.2 Å². The summed E-state index contributed by atoms with van der Waals surface area (Å²) in [7, 11) is 4.94. The number of rotatable bonds is 12. The highest BCUT2D eigenvalue weighted by Gasteiger charge is 2.52. The maximum Gasteiger partial charge on any atom is 0.316 e. The van der Waals surface area contributed by atoms with Crippen LogP contribution in [0.25, 0.3) is 0 Å². The minimum Gasteiger partial charge on any atom is -0.507 e. The van der Waals surface area contributed by atoms with Crippen LogP contribution in [0.3, 0.4) is 0 Å². The van der Waals surface area contributed by atoms with Gasteiger partial charge in [0.1, 0.15) is 29.6 Å². The van der Waals surface area contributed by atoms with E-state index in [-0.39, 0.29) is 58.7 Å². The molecule has 0 radical (unpaired) electrons. The number of carbonyl (C=O) groups is 3. The number of aliphatic hydroxyl groups is 2. The Bertz CT molecular complexity index is 1780. The van der Waals surface area contributed by atoms with Crippen LogP contribution in [0.1, 0.15) is 122 Å². The number of aromatic hydroxyl groups is 2. The van der Waals surface area contributed by atoms with Crippen LogP contribution in [0.2, 0.25) is 0 Å². The minimum absolute atomic E-state index is 0.0302. The molecule has 11 unspecified atom stereocenters. The van der Waals surface area contributed by atoms with Crippen molar-refractivity contribution in [2.24, 2.45) is 0 Å². The summed E-state index contributed by atoms with van der Waals surface area (Å²) in [5, 5.41) is 45.4. The van der Waals surface area contributed by atoms with E-state index in [1.165, 1.54) is 38.3 Å². The number of esters is 1. The SMILES string of the molecule is CCCC(OCC)OC1C(O)CC(OC2C(C)OC(OC3CC(C)(O)[C@H](C(=O)OC)c4cc5c(c(O)c43)C(=O)c3c(O)cccc3C5=O)CC2N(C)C)OC1C. The van der Waals surface area contributed by atoms with Crippen molar-refractivity contribution < 1.29 is 68.0 Å². The molecule has 4 aliphatic rings. The molecular weight excluding hydrogens is 730 g/mol. The molecule has 2 saturated heterocycles. The second-order valence-corrected chi connectivity index (χ2v) is 15.6. The summed E-state index contributed by atoms with van der Waals surface area (Å²) in [6.45, 7) is 9.50. The molecule has 15 nitrogen and oxygen atoms in total. The van der Waals surface area contributed by atoms with Gasteiger partial charge in [0.15, 0.2) is 24.7 Å². The standard InChI is InChI=1S/C41H55NO14/c1-9-12-28(51-10-2)55-39-20(4)53-30(17-26(39)44)56-38-19(3)52-29(16-24(38)42(6)7)54-27-18-41(5,49)34(40(48)50-8)22-15-23-33(37(47)32(22)27)36(46)31-21(35(23)45)13-11-14-25(31)43/h11,13-15,19-20,24,26-30,34,38-39,43-44,47,49H,9-10,12,16-18H2,1-8H3/t19?,20?,24?,26?,27?,28?,29?,30?,34-,38?,39?,41?/m0/s1. The van der Waals surface area contributed by atoms with Gasteiger partial charge in [-0.25, -0.2) is 0 Å². The molecule has 2 aliphatic heterocycles. The zero-order valence-corrected chi connectivity index (χ0v) is 33.2. The number of nitrogens with zero attached hydrogens (tertiary/aromatic N) is 1. The first kappa shape index (κ1) is 42.1. The van der Waals surface area contributed by atoms with Gasteiger partial charge in [-0.05, 0) is 65.9 Å². The summed E-state index contributed by atoms with van der Waals surface area (Å²) in [6.07, 6.45) is -4.63. The molecule has 2 aromatic rings. The van der Waals surface area contributed by atoms with E-state index >= 15 is 0 Å². The zero-order valence-electron chi connectivity index (χ0n) is 33.2. The van der Waals surface area contributed by atoms with Crippen molar-refractivity contribution in [1.82, 2.24) is 4.90 Å². The predicted molar refractivity (Wildman–Crippen MR) is 198 cm³/mol. The molecule has 15 heteroatoms. The first-order valence-electron chi connectivity index (χ1n) is 19.4. The second-order valence-electron chi connectivity index (χ2n) is 15.6. The fourth-order valence-electron chi connectivity index (χ4n) is 8.74. The molecule has 6 rings (SSSR count). The van der Waals surface area contributed by atoms with Crippen LogP contribution in [-0.2, 0) is 38.0 Å². The van der Waals surface area contributed by atoms with Gasteiger partial charge < -0.3 is 58.5 Å². The summed E-state index contributed by atoms with van der Waals surface area (Å²) in [4.78, 5) is 42.8. The van der Waals surface area contributed by atoms with E-state index in [9.17, 15) is 34.8 Å². The van der Waals surface area contributed by atoms with Crippen molar-refractivity contribution in [2.45, 2.75) is 140 Å². The lowest BCUT2D eigenvalue weighted by Crippen LogP contribution is -2.58. The van der Waals surface area contributed by atoms with Crippen LogP contribution in [0, 0.1) is 0 Å². The number of ketones is 2. The first-order chi connectivity index (χ1) is 26.5. The average Bonchev–Trinajstić information content (AvgIpc) is 3.12. The van der Waals surface area contributed by atoms with Crippen molar-refractivity contribution in [2.75, 3.05) is 27.8 Å². The first-order valence-corrected chi connectivity index (χ1v) is 19.4. The van der Waals surface area contributed by atoms with Crippen molar-refractivity contribution in [3.63, 3.8) is 0 Å². The second kappa shape index (κ2) is 16.8. The molecule has 308 valence electrons. The van der Waals surface area contributed by atoms with Crippen LogP contribution in [-0.4, -0.2) is 132 Å². The number of benzene rings is 2. The summed E-state index contributed by atoms with van der Waals surface area (Å²) >= 11 is 0. The maximum atomic E-state index is 13.9. The number of hydrogen-bond donors (Lipinski definition) is 4. The monoisotopic (exact) mass is 785 g/mol. The largest absolute Gasteiger partial charge is 0.507 e. The van der Waals surface area contributed by atoms with Crippen LogP contribution >= 0.6 is 0 Å². The Labute approximate surface area is 326 Å². The Morgan fingerprint density at radius 2 is 1.66 bits per heavy atom. The summed E-state index contributed by atoms with van der Waals surface area (Å²) in [6, 6.07) is 5.13. The number of ether oxygens (including phenoxy) is 7. The smallest absolute Gasteiger partial charge is 0.316 e. The molecular formula is C41H55NO14. The number of phenolic OH excluding ortho intramolecular Hbond substituents is 2. The molecule has 0 saturated carbocycles. The molecule has 0 amide bonds. The molecule has 0 bridgehead atoms. The lowest BCUT2D eigenvalue weighted by molar-refractivity contribution is -0.322. The van der Waals surface area contributed by atoms with Gasteiger partial charge in [0.05, 0.1) is 48.3 Å². The van der Waals surface area contributed by atoms with Gasteiger partial charge in [-0.2, -0.15) is 0 Å². The van der Waals surface area contributed by atoms with E-state index in [0.29, 0.717) is 13.0 Å². The molecule has 2 fully saturated rings. The van der Waals surface area contributed by atoms with E-state index < -0.39 is 96.0 Å². The fraction of sp³-hybridized carbons (Fsp3) is 0.634. The number of carbonyl (C=O) groups excluding carboxylic acids is 3. The van der Waals surface area contributed by atoms with E-state index in [1.54, 1.807) is 0 Å². The number of likely N-dealkylation sites (N-methyl/N-ethyl adjacent to an activating group) is 1. The zero-order chi connectivity index (χ0) is 40.8. The number of methoxy groups -OCH3 is 1. The highest BCUT2D eigenvalue weighted by Crippen LogP contribution is 2.53. The highest BCUT2D eigenvalue weighted by molar-refractivity contribution is 6.30. The highest BCUT2D eigenvalue weighted by atomic mass is 16.7. The van der Waals surface area contributed by atoms with Gasteiger partial charge in [-0.3, -0.25) is 14.4 Å². The quantitative estimate of drug-likeness (QED) is 0.152. The van der Waals surface area contributed by atoms with Crippen LogP contribution < -0.4 is 0 Å². The lowest BCUT2D eigenvalue weighted by atomic mass is 9.68. The van der Waals surface area contributed by atoms with Gasteiger partial charge >= 0.3 is 5.97 Å². The van der Waals surface area contributed by atoms with Crippen molar-refractivity contribution >= 4 is 17.5 Å². The third-order valence-corrected chi connectivity index (χ3v) is 11.4. The Hall–Kier alpha value is -3.51. The fourth-order valence-corrected chi connectivity index (χ4v) is 8.74. The normalized spacial score (nSPS) is 33.4. The van der Waals surface area contributed by atoms with Crippen molar-refractivity contribution in [3.8, 4) is 11.5 Å². The number of hydrogen-bond acceptors (Lipinski definition) is 15. The van der Waals surface area contributed by atoms with Gasteiger partial charge in [0.25, 0.3) is 0 Å². The summed E-state index contributed by atoms with van der Waals surface area (Å²) in [5.41, 5.74) is -2.50. The van der Waals surface area contributed by atoms with Gasteiger partial charge in [-0.15, -0.1) is 0 Å². The predicted octanol–water partition coefficient (Wildman–Crippen LogP) is 3.84. The average molecular weight is 786 g/mol. The van der Waals surface area contributed by atoms with E-state index in [1.807, 2.05) is 46.7 Å². The molecule has 0 aromatic heterocycles. The molecule has 0 spiro atoms. The Kier molecular flexibility index (Phi) is 12.6. The Morgan fingerprint density at radius 1 is 0.982 bits per heavy atom. The Balaban J connectivity index is 1.26. The van der Waals surface area contributed by atoms with Crippen LogP contribution in [0.4, 0.5) is 0 Å². The number of phenols is 2. The number of fused-ring (bicyclic) bond motifs is 3. The molecule has 2 aromatic carbocycles. The van der Waals surface area contributed by atoms with E-state index in [2.05, 4.69) is 0 Å². The summed E-state index contributed by atoms with van der Waals surface area (Å²) in [5.74, 6) is -4.58. The van der Waals surface area contributed by atoms with E-state index in [0.717, 1.165) is 6.42 Å². The van der Waals surface area contributed by atoms with Crippen molar-refractivity contribution in [3.05, 3.63) is 57.6 Å². The maximum absolute atomic E-state index is 13.9. The third kappa shape index (κ3) is 7.85. The minimum atomic E-state index is -1.78. The molecule has 56 heavy (non-hydrogen) atoms.